The van der Waals surface area contributed by atoms with Crippen molar-refractivity contribution in [3.05, 3.63) is 29.3 Å². The second-order valence-corrected chi connectivity index (χ2v) is 3.70. The van der Waals surface area contributed by atoms with E-state index in [4.69, 9.17) is 5.11 Å². The van der Waals surface area contributed by atoms with Gasteiger partial charge in [-0.05, 0) is 0 Å². The first kappa shape index (κ1) is 8.35. The van der Waals surface area contributed by atoms with Crippen molar-refractivity contribution in [3.63, 3.8) is 0 Å². The van der Waals surface area contributed by atoms with Crippen molar-refractivity contribution >= 4 is 27.2 Å². The Kier molecular flexibility index (Phi) is 2.35. The summed E-state index contributed by atoms with van der Waals surface area (Å²) in [5.74, 6) is -0.840. The van der Waals surface area contributed by atoms with E-state index >= 15 is 0 Å². The topological polar surface area (TPSA) is 37.3 Å². The Labute approximate surface area is 73.7 Å². The van der Waals surface area contributed by atoms with Crippen LogP contribution in [0.5, 0.6) is 0 Å². The number of aryl methyl sites for hydroxylation is 1. The van der Waals surface area contributed by atoms with Gasteiger partial charge in [-0.1, -0.05) is 0 Å². The van der Waals surface area contributed by atoms with E-state index < -0.39 is 5.97 Å². The Morgan fingerprint density at radius 3 is 2.64 bits per heavy atom. The number of aromatic carboxylic acids is 1. The van der Waals surface area contributed by atoms with Crippen LogP contribution in [0.4, 0.5) is 0 Å². The predicted octanol–water partition coefficient (Wildman–Crippen LogP) is -0.0484. The van der Waals surface area contributed by atoms with Crippen LogP contribution in [0.2, 0.25) is 0 Å². The molecule has 0 amide bonds. The number of benzene rings is 1. The Hall–Kier alpha value is -0.752. The van der Waals surface area contributed by atoms with Crippen molar-refractivity contribution < 1.29 is 9.90 Å². The Balaban J connectivity index is 3.23. The van der Waals surface area contributed by atoms with Crippen LogP contribution >= 0.6 is 0 Å². The van der Waals surface area contributed by atoms with Gasteiger partial charge in [-0.15, -0.1) is 0 Å². The Morgan fingerprint density at radius 1 is 1.55 bits per heavy atom. The molecule has 0 radical (unpaired) electrons. The molecule has 1 atom stereocenters. The summed E-state index contributed by atoms with van der Waals surface area (Å²) in [6.07, 6.45) is 0. The van der Waals surface area contributed by atoms with Gasteiger partial charge in [-0.3, -0.25) is 0 Å². The third-order valence-corrected chi connectivity index (χ3v) is 2.50. The summed E-state index contributed by atoms with van der Waals surface area (Å²) in [6, 6.07) is 5.46. The molecule has 0 aliphatic heterocycles. The average Bonchev–Trinajstić information content (AvgIpc) is 1.94. The minimum absolute atomic E-state index is 0.421. The molecule has 0 bridgehead atoms. The fourth-order valence-corrected chi connectivity index (χ4v) is 1.49. The summed E-state index contributed by atoms with van der Waals surface area (Å²) in [4.78, 5) is 10.6. The summed E-state index contributed by atoms with van der Waals surface area (Å²) in [6.45, 7) is 1.89. The van der Waals surface area contributed by atoms with Gasteiger partial charge < -0.3 is 0 Å². The van der Waals surface area contributed by atoms with E-state index in [2.05, 4.69) is 0 Å². The molecule has 0 saturated heterocycles. The monoisotopic (exact) mass is 212 g/mol. The first-order chi connectivity index (χ1) is 5.11. The normalized spacial score (nSPS) is 9.64. The minimum atomic E-state index is -0.840. The molecule has 1 aromatic carbocycles. The van der Waals surface area contributed by atoms with E-state index in [9.17, 15) is 4.79 Å². The van der Waals surface area contributed by atoms with Crippen molar-refractivity contribution in [3.8, 4) is 0 Å². The van der Waals surface area contributed by atoms with Gasteiger partial charge in [-0.25, -0.2) is 0 Å². The van der Waals surface area contributed by atoms with Gasteiger partial charge >= 0.3 is 73.3 Å². The van der Waals surface area contributed by atoms with Crippen LogP contribution in [0.15, 0.2) is 18.2 Å². The molecule has 11 heavy (non-hydrogen) atoms. The number of carboxylic acids is 1. The molecular weight excluding hydrogens is 203 g/mol. The van der Waals surface area contributed by atoms with Gasteiger partial charge in [0.2, 0.25) is 0 Å². The molecule has 1 aromatic rings. The van der Waals surface area contributed by atoms with Gasteiger partial charge in [0.25, 0.3) is 0 Å². The number of hydrogen-bond donors (Lipinski definition) is 1. The van der Waals surface area contributed by atoms with Crippen LogP contribution in [-0.2, 0) is 0 Å². The molecule has 1 unspecified atom stereocenters. The molecule has 0 aliphatic rings. The third kappa shape index (κ3) is 1.84. The van der Waals surface area contributed by atoms with Gasteiger partial charge in [0.05, 0.1) is 0 Å². The SMILES string of the molecule is Cc1ccc([AsH2])c(C(=O)O)c1. The van der Waals surface area contributed by atoms with Crippen molar-refractivity contribution in [1.29, 1.82) is 0 Å². The van der Waals surface area contributed by atoms with E-state index in [-0.39, 0.29) is 0 Å². The average molecular weight is 212 g/mol. The molecule has 3 heteroatoms. The van der Waals surface area contributed by atoms with Crippen molar-refractivity contribution in [2.24, 2.45) is 0 Å². The third-order valence-electron chi connectivity index (χ3n) is 1.44. The van der Waals surface area contributed by atoms with E-state index in [0.717, 1.165) is 9.91 Å². The second-order valence-electron chi connectivity index (χ2n) is 2.40. The summed E-state index contributed by atoms with van der Waals surface area (Å²) >= 11 is 1.34. The summed E-state index contributed by atoms with van der Waals surface area (Å²) in [5.41, 5.74) is 1.41. The summed E-state index contributed by atoms with van der Waals surface area (Å²) in [7, 11) is 0. The zero-order chi connectivity index (χ0) is 8.43. The first-order valence-electron chi connectivity index (χ1n) is 3.20. The van der Waals surface area contributed by atoms with E-state index in [0.29, 0.717) is 5.56 Å². The zero-order valence-electron chi connectivity index (χ0n) is 6.16. The number of hydrogen-bond acceptors (Lipinski definition) is 1. The maximum atomic E-state index is 10.6. The second kappa shape index (κ2) is 3.10. The fourth-order valence-electron chi connectivity index (χ4n) is 0.855. The van der Waals surface area contributed by atoms with Crippen LogP contribution in [0.1, 0.15) is 15.9 Å². The van der Waals surface area contributed by atoms with Gasteiger partial charge in [0, 0.05) is 0 Å². The zero-order valence-corrected chi connectivity index (χ0v) is 8.59. The molecule has 0 spiro atoms. The molecule has 1 N–H and O–H groups in total. The molecule has 0 aliphatic carbocycles. The van der Waals surface area contributed by atoms with Crippen LogP contribution in [0, 0.1) is 6.92 Å². The number of carboxylic acid groups (broad SMARTS) is 1. The van der Waals surface area contributed by atoms with Crippen LogP contribution in [-0.4, -0.2) is 27.9 Å². The molecule has 2 nitrogen and oxygen atoms in total. The van der Waals surface area contributed by atoms with Crippen molar-refractivity contribution in [2.75, 3.05) is 0 Å². The molecule has 0 aromatic heterocycles. The summed E-state index contributed by atoms with van der Waals surface area (Å²) < 4.78 is 0.871. The standard InChI is InChI=1S/C8H9AsO2/c1-5-2-3-7(9)6(4-5)8(10)11/h2-4H,9H2,1H3,(H,10,11). The maximum absolute atomic E-state index is 10.6. The first-order valence-corrected chi connectivity index (χ1v) is 4.42. The molecule has 0 heterocycles. The quantitative estimate of drug-likeness (QED) is 0.663. The van der Waals surface area contributed by atoms with E-state index in [1.54, 1.807) is 6.07 Å². The molecular formula is C8H9AsO2. The van der Waals surface area contributed by atoms with Gasteiger partial charge in [0.15, 0.2) is 0 Å². The van der Waals surface area contributed by atoms with Crippen LogP contribution in [0.3, 0.4) is 0 Å². The van der Waals surface area contributed by atoms with Crippen LogP contribution < -0.4 is 4.35 Å². The van der Waals surface area contributed by atoms with Crippen molar-refractivity contribution in [1.82, 2.24) is 0 Å². The number of carbonyl (C=O) groups is 1. The molecule has 0 saturated carbocycles. The molecule has 1 rings (SSSR count). The van der Waals surface area contributed by atoms with E-state index in [1.807, 2.05) is 19.1 Å². The predicted molar refractivity (Wildman–Crippen MR) is 46.3 cm³/mol. The Morgan fingerprint density at radius 2 is 2.18 bits per heavy atom. The molecule has 0 fully saturated rings. The summed E-state index contributed by atoms with van der Waals surface area (Å²) in [5, 5.41) is 8.70. The van der Waals surface area contributed by atoms with Gasteiger partial charge in [0.1, 0.15) is 0 Å². The number of rotatable bonds is 1. The van der Waals surface area contributed by atoms with Gasteiger partial charge in [-0.2, -0.15) is 0 Å². The van der Waals surface area contributed by atoms with Crippen LogP contribution in [0.25, 0.3) is 0 Å². The van der Waals surface area contributed by atoms with Crippen molar-refractivity contribution in [2.45, 2.75) is 6.92 Å². The Bertz CT molecular complexity index is 294. The fraction of sp³-hybridized carbons (Fsp3) is 0.125. The van der Waals surface area contributed by atoms with E-state index in [1.165, 1.54) is 16.9 Å². The molecule has 58 valence electrons.